The summed E-state index contributed by atoms with van der Waals surface area (Å²) in [5, 5.41) is 14.4. The molecule has 2 aromatic heterocycles. The molecule has 2 N–H and O–H groups in total. The van der Waals surface area contributed by atoms with Crippen LogP contribution in [-0.2, 0) is 0 Å². The molecule has 0 aliphatic heterocycles. The lowest BCUT2D eigenvalue weighted by Gasteiger charge is -2.13. The number of fused-ring (bicyclic) bond motifs is 1. The van der Waals surface area contributed by atoms with Gasteiger partial charge in [-0.25, -0.2) is 9.50 Å². The number of rotatable bonds is 3. The number of hydrogen-bond donors (Lipinski definition) is 1. The second-order valence-corrected chi connectivity index (χ2v) is 6.28. The Morgan fingerprint density at radius 1 is 1.07 bits per heavy atom. The quantitative estimate of drug-likeness (QED) is 0.592. The molecule has 1 amide bonds. The third-order valence-corrected chi connectivity index (χ3v) is 4.50. The van der Waals surface area contributed by atoms with Crippen molar-refractivity contribution in [3.8, 4) is 28.5 Å². The van der Waals surface area contributed by atoms with Crippen LogP contribution in [0.1, 0.15) is 15.9 Å². The van der Waals surface area contributed by atoms with Crippen molar-refractivity contribution in [3.05, 3.63) is 77.1 Å². The lowest BCUT2D eigenvalue weighted by atomic mass is 9.97. The molecule has 7 heteroatoms. The molecule has 6 nitrogen and oxygen atoms in total. The molecule has 27 heavy (non-hydrogen) atoms. The average molecular weight is 374 g/mol. The molecule has 2 aromatic carbocycles. The van der Waals surface area contributed by atoms with Gasteiger partial charge in [0, 0.05) is 27.9 Å². The van der Waals surface area contributed by atoms with Crippen LogP contribution in [0.15, 0.2) is 60.9 Å². The second-order valence-electron chi connectivity index (χ2n) is 5.84. The number of carbonyl (C=O) groups excluding carboxylic acids is 1. The van der Waals surface area contributed by atoms with Gasteiger partial charge in [-0.1, -0.05) is 41.9 Å². The van der Waals surface area contributed by atoms with Crippen molar-refractivity contribution in [2.24, 2.45) is 5.73 Å². The van der Waals surface area contributed by atoms with Gasteiger partial charge in [-0.3, -0.25) is 4.79 Å². The van der Waals surface area contributed by atoms with Crippen LogP contribution in [-0.4, -0.2) is 20.5 Å². The largest absolute Gasteiger partial charge is 0.365 e. The number of nitriles is 1. The minimum atomic E-state index is -0.607. The molecule has 0 aliphatic carbocycles. The Balaban J connectivity index is 2.10. The minimum absolute atomic E-state index is 0.227. The third kappa shape index (κ3) is 2.80. The highest BCUT2D eigenvalue weighted by Gasteiger charge is 2.19. The number of amides is 1. The van der Waals surface area contributed by atoms with Crippen LogP contribution >= 0.6 is 11.6 Å². The van der Waals surface area contributed by atoms with Crippen LogP contribution in [0.25, 0.3) is 28.0 Å². The molecule has 0 aliphatic rings. The fourth-order valence-electron chi connectivity index (χ4n) is 3.00. The van der Waals surface area contributed by atoms with E-state index in [9.17, 15) is 10.1 Å². The van der Waals surface area contributed by atoms with Gasteiger partial charge in [0.05, 0.1) is 23.5 Å². The van der Waals surface area contributed by atoms with Gasteiger partial charge < -0.3 is 5.73 Å². The number of carbonyl (C=O) groups is 1. The van der Waals surface area contributed by atoms with Crippen molar-refractivity contribution >= 4 is 23.2 Å². The standard InChI is InChI=1S/C20H12ClN5O/c21-14-7-5-12(6-8-14)18-16(15-4-2-1-3-13(15)9-22)10-24-20-17(19(23)27)11-25-26(18)20/h1-8,10-11H,(H2,23,27). The zero-order valence-electron chi connectivity index (χ0n) is 13.9. The Bertz CT molecular complexity index is 1220. The molecule has 0 bridgehead atoms. The van der Waals surface area contributed by atoms with E-state index in [4.69, 9.17) is 17.3 Å². The highest BCUT2D eigenvalue weighted by molar-refractivity contribution is 6.30. The van der Waals surface area contributed by atoms with Crippen molar-refractivity contribution in [3.63, 3.8) is 0 Å². The number of benzene rings is 2. The van der Waals surface area contributed by atoms with Crippen molar-refractivity contribution < 1.29 is 4.79 Å². The van der Waals surface area contributed by atoms with Crippen molar-refractivity contribution in [1.29, 1.82) is 5.26 Å². The van der Waals surface area contributed by atoms with Crippen molar-refractivity contribution in [1.82, 2.24) is 14.6 Å². The van der Waals surface area contributed by atoms with Gasteiger partial charge in [-0.05, 0) is 18.2 Å². The zero-order chi connectivity index (χ0) is 19.0. The maximum absolute atomic E-state index is 11.7. The summed E-state index contributed by atoms with van der Waals surface area (Å²) in [6, 6.07) is 16.7. The molecule has 0 atom stereocenters. The summed E-state index contributed by atoms with van der Waals surface area (Å²) in [6.45, 7) is 0. The molecule has 2 heterocycles. The van der Waals surface area contributed by atoms with Gasteiger partial charge in [0.1, 0.15) is 5.56 Å². The number of nitrogens with zero attached hydrogens (tertiary/aromatic N) is 4. The van der Waals surface area contributed by atoms with E-state index in [0.717, 1.165) is 11.1 Å². The van der Waals surface area contributed by atoms with Gasteiger partial charge in [0.2, 0.25) is 0 Å². The lowest BCUT2D eigenvalue weighted by molar-refractivity contribution is 0.100. The Hall–Kier alpha value is -3.69. The third-order valence-electron chi connectivity index (χ3n) is 4.25. The van der Waals surface area contributed by atoms with Crippen LogP contribution in [0, 0.1) is 11.3 Å². The summed E-state index contributed by atoms with van der Waals surface area (Å²) < 4.78 is 1.56. The van der Waals surface area contributed by atoms with E-state index in [1.54, 1.807) is 35.0 Å². The summed E-state index contributed by atoms with van der Waals surface area (Å²) in [4.78, 5) is 16.1. The van der Waals surface area contributed by atoms with Crippen LogP contribution in [0.5, 0.6) is 0 Å². The van der Waals surface area contributed by atoms with E-state index >= 15 is 0 Å². The normalized spacial score (nSPS) is 10.7. The summed E-state index contributed by atoms with van der Waals surface area (Å²) >= 11 is 6.03. The predicted octanol–water partition coefficient (Wildman–Crippen LogP) is 3.69. The first-order valence-electron chi connectivity index (χ1n) is 8.02. The van der Waals surface area contributed by atoms with Crippen molar-refractivity contribution in [2.45, 2.75) is 0 Å². The molecular formula is C20H12ClN5O. The SMILES string of the molecule is N#Cc1ccccc1-c1cnc2c(C(N)=O)cnn2c1-c1ccc(Cl)cc1. The number of aromatic nitrogens is 3. The van der Waals surface area contributed by atoms with Gasteiger partial charge in [-0.15, -0.1) is 0 Å². The molecule has 130 valence electrons. The molecular weight excluding hydrogens is 362 g/mol. The molecule has 0 unspecified atom stereocenters. The van der Waals surface area contributed by atoms with E-state index in [1.807, 2.05) is 24.3 Å². The Kier molecular flexibility index (Phi) is 4.07. The van der Waals surface area contributed by atoms with Crippen LogP contribution < -0.4 is 5.73 Å². The maximum Gasteiger partial charge on any atom is 0.254 e. The average Bonchev–Trinajstić information content (AvgIpc) is 3.12. The topological polar surface area (TPSA) is 97.1 Å². The monoisotopic (exact) mass is 373 g/mol. The first-order valence-corrected chi connectivity index (χ1v) is 8.40. The van der Waals surface area contributed by atoms with E-state index in [0.29, 0.717) is 27.5 Å². The number of halogens is 1. The van der Waals surface area contributed by atoms with E-state index in [2.05, 4.69) is 16.2 Å². The highest BCUT2D eigenvalue weighted by Crippen LogP contribution is 2.34. The van der Waals surface area contributed by atoms with Crippen LogP contribution in [0.4, 0.5) is 0 Å². The smallest absolute Gasteiger partial charge is 0.254 e. The van der Waals surface area contributed by atoms with Gasteiger partial charge in [-0.2, -0.15) is 10.4 Å². The molecule has 0 saturated heterocycles. The second kappa shape index (κ2) is 6.56. The fourth-order valence-corrected chi connectivity index (χ4v) is 3.13. The van der Waals surface area contributed by atoms with E-state index < -0.39 is 5.91 Å². The van der Waals surface area contributed by atoms with Crippen molar-refractivity contribution in [2.75, 3.05) is 0 Å². The van der Waals surface area contributed by atoms with E-state index in [1.165, 1.54) is 6.20 Å². The molecule has 0 fully saturated rings. The van der Waals surface area contributed by atoms with Crippen LogP contribution in [0.3, 0.4) is 0 Å². The molecule has 0 spiro atoms. The van der Waals surface area contributed by atoms with Gasteiger partial charge >= 0.3 is 0 Å². The minimum Gasteiger partial charge on any atom is -0.365 e. The Morgan fingerprint density at radius 3 is 2.52 bits per heavy atom. The molecule has 0 saturated carbocycles. The summed E-state index contributed by atoms with van der Waals surface area (Å²) in [5.74, 6) is -0.607. The summed E-state index contributed by atoms with van der Waals surface area (Å²) in [6.07, 6.45) is 3.02. The van der Waals surface area contributed by atoms with Gasteiger partial charge in [0.15, 0.2) is 5.65 Å². The predicted molar refractivity (Wildman–Crippen MR) is 102 cm³/mol. The maximum atomic E-state index is 11.7. The fraction of sp³-hybridized carbons (Fsp3) is 0. The summed E-state index contributed by atoms with van der Waals surface area (Å²) in [5.41, 5.74) is 9.45. The summed E-state index contributed by atoms with van der Waals surface area (Å²) in [7, 11) is 0. The molecule has 4 aromatic rings. The Labute approximate surface area is 159 Å². The number of nitrogens with two attached hydrogens (primary N) is 1. The highest BCUT2D eigenvalue weighted by atomic mass is 35.5. The molecule has 0 radical (unpaired) electrons. The van der Waals surface area contributed by atoms with Crippen LogP contribution in [0.2, 0.25) is 5.02 Å². The zero-order valence-corrected chi connectivity index (χ0v) is 14.7. The molecule has 4 rings (SSSR count). The Morgan fingerprint density at radius 2 is 1.81 bits per heavy atom. The van der Waals surface area contributed by atoms with E-state index in [-0.39, 0.29) is 5.56 Å². The first kappa shape index (κ1) is 16.8. The number of primary amides is 1. The number of hydrogen-bond acceptors (Lipinski definition) is 4. The first-order chi connectivity index (χ1) is 13.1. The lowest BCUT2D eigenvalue weighted by Crippen LogP contribution is -2.11. The van der Waals surface area contributed by atoms with Gasteiger partial charge in [0.25, 0.3) is 5.91 Å².